The third-order valence-electron chi connectivity index (χ3n) is 7.39. The first kappa shape index (κ1) is 31.3. The average Bonchev–Trinajstić information content (AvgIpc) is 3.50. The van der Waals surface area contributed by atoms with Crippen LogP contribution in [0, 0.1) is 5.92 Å². The number of aliphatic hydroxyl groups is 1. The maximum Gasteiger partial charge on any atom is 0.323 e. The van der Waals surface area contributed by atoms with Gasteiger partial charge in [0.05, 0.1) is 65.6 Å². The lowest BCUT2D eigenvalue weighted by Gasteiger charge is -2.36. The minimum absolute atomic E-state index is 0.0524. The summed E-state index contributed by atoms with van der Waals surface area (Å²) in [5.41, 5.74) is 2.49. The molecule has 44 heavy (non-hydrogen) atoms. The van der Waals surface area contributed by atoms with Crippen LogP contribution in [0.4, 0.5) is 27.5 Å². The van der Waals surface area contributed by atoms with Crippen molar-refractivity contribution in [2.24, 2.45) is 5.92 Å². The van der Waals surface area contributed by atoms with Crippen LogP contribution in [0.2, 0.25) is 0 Å². The zero-order valence-electron chi connectivity index (χ0n) is 24.4. The van der Waals surface area contributed by atoms with E-state index >= 15 is 0 Å². The Labute approximate surface area is 260 Å². The number of urea groups is 1. The summed E-state index contributed by atoms with van der Waals surface area (Å²) in [6, 6.07) is 15.7. The molecule has 0 aromatic heterocycles. The van der Waals surface area contributed by atoms with E-state index in [-0.39, 0.29) is 60.0 Å². The number of amides is 3. The largest absolute Gasteiger partial charge is 0.497 e. The van der Waals surface area contributed by atoms with E-state index in [1.165, 1.54) is 47.6 Å². The Morgan fingerprint density at radius 2 is 1.82 bits per heavy atom. The van der Waals surface area contributed by atoms with E-state index in [0.29, 0.717) is 11.4 Å². The lowest BCUT2D eigenvalue weighted by molar-refractivity contribution is 0.0512. The molecule has 13 nitrogen and oxygen atoms in total. The third-order valence-corrected chi connectivity index (χ3v) is 9.86. The average molecular weight is 643 g/mol. The molecule has 3 aromatic rings. The number of β-amino-alcohol motifs (C(OH)–C–C–N with tert-alkyl or cyclic N) is 1. The van der Waals surface area contributed by atoms with E-state index < -0.39 is 22.2 Å². The number of nitrogens with one attached hydrogen (secondary N) is 4. The highest BCUT2D eigenvalue weighted by molar-refractivity contribution is 8.02. The molecule has 0 fully saturated rings. The highest BCUT2D eigenvalue weighted by atomic mass is 32.2. The number of hydrogen-bond donors (Lipinski definition) is 5. The van der Waals surface area contributed by atoms with Gasteiger partial charge < -0.3 is 39.6 Å². The maximum atomic E-state index is 13.6. The van der Waals surface area contributed by atoms with Crippen molar-refractivity contribution < 1.29 is 32.6 Å². The van der Waals surface area contributed by atoms with Gasteiger partial charge in [-0.25, -0.2) is 13.2 Å². The Balaban J connectivity index is 1.44. The van der Waals surface area contributed by atoms with Gasteiger partial charge in [0.15, 0.2) is 5.75 Å². The predicted octanol–water partition coefficient (Wildman–Crippen LogP) is 3.89. The fourth-order valence-corrected chi connectivity index (χ4v) is 6.82. The van der Waals surface area contributed by atoms with Gasteiger partial charge in [0.1, 0.15) is 11.9 Å². The van der Waals surface area contributed by atoms with Crippen LogP contribution >= 0.6 is 12.1 Å². The van der Waals surface area contributed by atoms with Crippen LogP contribution in [-0.2, 0) is 10.0 Å². The van der Waals surface area contributed by atoms with Crippen LogP contribution in [0.25, 0.3) is 0 Å². The number of rotatable bonds is 9. The topological polar surface area (TPSA) is 162 Å². The number of aliphatic hydroxyl groups excluding tert-OH is 1. The van der Waals surface area contributed by atoms with E-state index in [2.05, 4.69) is 20.1 Å². The molecule has 2 aliphatic heterocycles. The number of benzene rings is 3. The number of likely N-dealkylation sites (N-methyl/N-ethyl adjacent to an activating group) is 1. The molecule has 15 heteroatoms. The molecule has 3 amide bonds. The number of fused-ring (bicyclic) bond motifs is 2. The van der Waals surface area contributed by atoms with Crippen molar-refractivity contribution in [3.8, 4) is 11.5 Å². The first-order valence-electron chi connectivity index (χ1n) is 13.8. The zero-order valence-corrected chi connectivity index (χ0v) is 26.0. The van der Waals surface area contributed by atoms with Crippen molar-refractivity contribution in [2.75, 3.05) is 60.5 Å². The molecule has 5 rings (SSSR count). The van der Waals surface area contributed by atoms with E-state index in [9.17, 15) is 23.1 Å². The second-order valence-corrected chi connectivity index (χ2v) is 13.0. The first-order valence-corrected chi connectivity index (χ1v) is 16.1. The molecular formula is C29H34N6O7S2. The van der Waals surface area contributed by atoms with Crippen LogP contribution in [0.3, 0.4) is 0 Å². The number of ether oxygens (including phenoxy) is 2. The number of anilines is 4. The molecule has 234 valence electrons. The van der Waals surface area contributed by atoms with Crippen molar-refractivity contribution in [3.63, 3.8) is 0 Å². The molecule has 0 aliphatic carbocycles. The molecule has 0 spiro atoms. The van der Waals surface area contributed by atoms with Gasteiger partial charge in [0, 0.05) is 26.1 Å². The van der Waals surface area contributed by atoms with Gasteiger partial charge in [-0.1, -0.05) is 19.1 Å². The summed E-state index contributed by atoms with van der Waals surface area (Å²) in [6.45, 7) is 1.83. The predicted molar refractivity (Wildman–Crippen MR) is 170 cm³/mol. The SMILES string of the molecule is COc1ccc(S(=O)(=O)N(C)C[C@@H]2Oc3c(NC(=O)Nc4cccc5c4NSN5)cccc3C(=O)N(CCO)CC2C)cc1. The molecule has 0 saturated carbocycles. The van der Waals surface area contributed by atoms with Crippen LogP contribution in [0.15, 0.2) is 65.6 Å². The Morgan fingerprint density at radius 1 is 1.11 bits per heavy atom. The summed E-state index contributed by atoms with van der Waals surface area (Å²) in [5, 5.41) is 15.3. The highest BCUT2D eigenvalue weighted by Crippen LogP contribution is 2.39. The fraction of sp³-hybridized carbons (Fsp3) is 0.310. The number of nitrogens with zero attached hydrogens (tertiary/aromatic N) is 2. The van der Waals surface area contributed by atoms with E-state index in [1.54, 1.807) is 42.5 Å². The molecule has 5 N–H and O–H groups in total. The monoisotopic (exact) mass is 642 g/mol. The van der Waals surface area contributed by atoms with Crippen LogP contribution in [-0.4, -0.2) is 81.2 Å². The van der Waals surface area contributed by atoms with Gasteiger partial charge in [-0.15, -0.1) is 0 Å². The Kier molecular flexibility index (Phi) is 9.39. The molecule has 2 aliphatic rings. The third kappa shape index (κ3) is 6.50. The van der Waals surface area contributed by atoms with Crippen LogP contribution < -0.4 is 29.6 Å². The first-order chi connectivity index (χ1) is 21.1. The summed E-state index contributed by atoms with van der Waals surface area (Å²) in [5.74, 6) is -0.0924. The molecular weight excluding hydrogens is 608 g/mol. The number of sulfonamides is 1. The standard InChI is InChI=1S/C29H34N6O7S2/c1-18-16-35(14-15-36)28(37)21-6-4-9-24(31-29(38)30-22-7-5-8-23-26(22)33-43-32-23)27(21)42-25(18)17-34(2)44(39,40)20-12-10-19(41-3)11-13-20/h4-13,18,25,32-33,36H,14-17H2,1-3H3,(H2,30,31,38)/t18?,25-/m0/s1. The van der Waals surface area contributed by atoms with Crippen molar-refractivity contribution in [1.82, 2.24) is 9.21 Å². The van der Waals surface area contributed by atoms with Crippen molar-refractivity contribution in [1.29, 1.82) is 0 Å². The normalized spacial score (nSPS) is 17.8. The molecule has 3 aromatic carbocycles. The lowest BCUT2D eigenvalue weighted by Crippen LogP contribution is -2.48. The highest BCUT2D eigenvalue weighted by Gasteiger charge is 2.35. The van der Waals surface area contributed by atoms with E-state index in [4.69, 9.17) is 9.47 Å². The van der Waals surface area contributed by atoms with Gasteiger partial charge in [-0.3, -0.25) is 4.79 Å². The summed E-state index contributed by atoms with van der Waals surface area (Å²) in [7, 11) is -0.943. The van der Waals surface area contributed by atoms with Gasteiger partial charge in [0.2, 0.25) is 10.0 Å². The second kappa shape index (κ2) is 13.2. The number of para-hydroxylation sites is 2. The molecule has 1 unspecified atom stereocenters. The van der Waals surface area contributed by atoms with Crippen LogP contribution in [0.5, 0.6) is 11.5 Å². The second-order valence-electron chi connectivity index (χ2n) is 10.4. The van der Waals surface area contributed by atoms with Gasteiger partial charge in [-0.05, 0) is 48.5 Å². The Hall–Kier alpha value is -4.18. The molecule has 0 saturated heterocycles. The van der Waals surface area contributed by atoms with Gasteiger partial charge >= 0.3 is 6.03 Å². The van der Waals surface area contributed by atoms with Crippen LogP contribution in [0.1, 0.15) is 17.3 Å². The van der Waals surface area contributed by atoms with Gasteiger partial charge in [0.25, 0.3) is 5.91 Å². The molecule has 2 atom stereocenters. The van der Waals surface area contributed by atoms with E-state index in [1.807, 2.05) is 13.0 Å². The summed E-state index contributed by atoms with van der Waals surface area (Å²) >= 11 is 1.28. The minimum Gasteiger partial charge on any atom is -0.497 e. The zero-order chi connectivity index (χ0) is 31.4. The van der Waals surface area contributed by atoms with Crippen molar-refractivity contribution in [2.45, 2.75) is 17.9 Å². The smallest absolute Gasteiger partial charge is 0.323 e. The Bertz CT molecular complexity index is 1640. The quantitative estimate of drug-likeness (QED) is 0.217. The van der Waals surface area contributed by atoms with Crippen molar-refractivity contribution >= 4 is 56.8 Å². The molecule has 0 bridgehead atoms. The number of carbonyl (C=O) groups is 2. The maximum absolute atomic E-state index is 13.6. The lowest BCUT2D eigenvalue weighted by atomic mass is 10.0. The van der Waals surface area contributed by atoms with E-state index in [0.717, 1.165) is 11.4 Å². The summed E-state index contributed by atoms with van der Waals surface area (Å²) in [4.78, 5) is 28.3. The molecule has 0 radical (unpaired) electrons. The number of hydrogen-bond acceptors (Lipinski definition) is 10. The minimum atomic E-state index is -3.90. The van der Waals surface area contributed by atoms with Crippen molar-refractivity contribution in [3.05, 3.63) is 66.2 Å². The fourth-order valence-electron chi connectivity index (χ4n) is 4.99. The Morgan fingerprint density at radius 3 is 2.55 bits per heavy atom. The van der Waals surface area contributed by atoms with Gasteiger partial charge in [-0.2, -0.15) is 4.31 Å². The molecule has 2 heterocycles. The summed E-state index contributed by atoms with van der Waals surface area (Å²) in [6.07, 6.45) is -0.725. The number of methoxy groups -OCH3 is 1. The summed E-state index contributed by atoms with van der Waals surface area (Å²) < 4.78 is 45.9. The number of carbonyl (C=O) groups excluding carboxylic acids is 2.